The minimum absolute atomic E-state index is 0.0622. The number of hydrogen-bond donors (Lipinski definition) is 0. The van der Waals surface area contributed by atoms with Gasteiger partial charge in [0.05, 0.1) is 13.2 Å². The van der Waals surface area contributed by atoms with Crippen LogP contribution in [0.4, 0.5) is 0 Å². The van der Waals surface area contributed by atoms with Gasteiger partial charge in [0.2, 0.25) is 0 Å². The van der Waals surface area contributed by atoms with Crippen LogP contribution in [0.2, 0.25) is 0 Å². The summed E-state index contributed by atoms with van der Waals surface area (Å²) in [6.45, 7) is 6.27. The van der Waals surface area contributed by atoms with Crippen LogP contribution in [0.5, 0.6) is 0 Å². The van der Waals surface area contributed by atoms with Gasteiger partial charge in [0.15, 0.2) is 6.29 Å². The zero-order valence-corrected chi connectivity index (χ0v) is 11.1. The van der Waals surface area contributed by atoms with Crippen LogP contribution in [-0.2, 0) is 9.47 Å². The molecule has 1 saturated carbocycles. The topological polar surface area (TPSA) is 18.5 Å². The Morgan fingerprint density at radius 3 is 2.43 bits per heavy atom. The van der Waals surface area contributed by atoms with E-state index in [1.165, 1.54) is 19.3 Å². The lowest BCUT2D eigenvalue weighted by molar-refractivity contribution is -0.123. The van der Waals surface area contributed by atoms with Crippen LogP contribution in [0, 0.1) is 11.3 Å². The molecule has 0 unspecified atom stereocenters. The van der Waals surface area contributed by atoms with Crippen molar-refractivity contribution in [1.82, 2.24) is 0 Å². The Kier molecular flexibility index (Phi) is 3.39. The van der Waals surface area contributed by atoms with E-state index >= 15 is 0 Å². The molecule has 0 aromatic rings. The SMILES string of the molecule is CC1(C)CCC[C@@H](I)[C@H]1C1OCCO1. The predicted molar refractivity (Wildman–Crippen MR) is 64.6 cm³/mol. The number of hydrogen-bond acceptors (Lipinski definition) is 2. The molecule has 0 aromatic carbocycles. The molecular weight excluding hydrogens is 291 g/mol. The molecule has 82 valence electrons. The standard InChI is InChI=1S/C11H19IO2/c1-11(2)5-3-4-8(12)9(11)10-13-6-7-14-10/h8-10H,3-7H2,1-2H3/t8-,9+/m1/s1. The van der Waals surface area contributed by atoms with Crippen molar-refractivity contribution in [3.63, 3.8) is 0 Å². The van der Waals surface area contributed by atoms with Gasteiger partial charge < -0.3 is 9.47 Å². The Hall–Kier alpha value is 0.650. The summed E-state index contributed by atoms with van der Waals surface area (Å²) < 4.78 is 12.1. The fourth-order valence-corrected chi connectivity index (χ4v) is 4.46. The van der Waals surface area contributed by atoms with Crippen LogP contribution in [0.1, 0.15) is 33.1 Å². The molecule has 0 radical (unpaired) electrons. The highest BCUT2D eigenvalue weighted by atomic mass is 127. The molecule has 14 heavy (non-hydrogen) atoms. The molecule has 1 saturated heterocycles. The van der Waals surface area contributed by atoms with Gasteiger partial charge in [-0.05, 0) is 18.3 Å². The second kappa shape index (κ2) is 4.26. The summed E-state index contributed by atoms with van der Waals surface area (Å²) in [4.78, 5) is 0. The number of halogens is 1. The maximum absolute atomic E-state index is 5.67. The number of alkyl halides is 1. The van der Waals surface area contributed by atoms with E-state index in [9.17, 15) is 0 Å². The molecule has 2 atom stereocenters. The Labute approximate surface area is 99.9 Å². The highest BCUT2D eigenvalue weighted by Crippen LogP contribution is 2.47. The van der Waals surface area contributed by atoms with E-state index in [-0.39, 0.29) is 6.29 Å². The smallest absolute Gasteiger partial charge is 0.162 e. The molecule has 1 aliphatic carbocycles. The van der Waals surface area contributed by atoms with Crippen molar-refractivity contribution in [3.05, 3.63) is 0 Å². The summed E-state index contributed by atoms with van der Waals surface area (Å²) in [6, 6.07) is 0. The third kappa shape index (κ3) is 2.09. The molecule has 0 bridgehead atoms. The minimum Gasteiger partial charge on any atom is -0.350 e. The summed E-state index contributed by atoms with van der Waals surface area (Å²) in [5.41, 5.74) is 0.374. The van der Waals surface area contributed by atoms with E-state index < -0.39 is 0 Å². The normalized spacial score (nSPS) is 38.8. The van der Waals surface area contributed by atoms with Crippen molar-refractivity contribution < 1.29 is 9.47 Å². The van der Waals surface area contributed by atoms with Gasteiger partial charge in [-0.25, -0.2) is 0 Å². The van der Waals surface area contributed by atoms with E-state index in [2.05, 4.69) is 36.4 Å². The third-order valence-corrected chi connectivity index (χ3v) is 4.93. The van der Waals surface area contributed by atoms with Gasteiger partial charge in [-0.1, -0.05) is 42.9 Å². The van der Waals surface area contributed by atoms with Crippen molar-refractivity contribution in [2.24, 2.45) is 11.3 Å². The van der Waals surface area contributed by atoms with E-state index in [1.54, 1.807) is 0 Å². The average Bonchev–Trinajstić information content (AvgIpc) is 2.55. The first-order valence-corrected chi connectivity index (χ1v) is 6.73. The van der Waals surface area contributed by atoms with Crippen LogP contribution in [0.3, 0.4) is 0 Å². The van der Waals surface area contributed by atoms with Gasteiger partial charge in [-0.2, -0.15) is 0 Å². The average molecular weight is 310 g/mol. The first-order valence-electron chi connectivity index (χ1n) is 5.48. The minimum atomic E-state index is 0.0622. The molecule has 0 spiro atoms. The van der Waals surface area contributed by atoms with E-state index in [0.717, 1.165) is 13.2 Å². The molecule has 1 aliphatic heterocycles. The van der Waals surface area contributed by atoms with E-state index in [1.807, 2.05) is 0 Å². The molecule has 3 heteroatoms. The molecule has 2 fully saturated rings. The molecule has 1 heterocycles. The maximum Gasteiger partial charge on any atom is 0.162 e. The van der Waals surface area contributed by atoms with Crippen molar-refractivity contribution >= 4 is 22.6 Å². The molecule has 0 aromatic heterocycles. The number of ether oxygens (including phenoxy) is 2. The Morgan fingerprint density at radius 2 is 1.86 bits per heavy atom. The zero-order valence-electron chi connectivity index (χ0n) is 8.96. The summed E-state index contributed by atoms with van der Waals surface area (Å²) in [7, 11) is 0. The second-order valence-corrected chi connectivity index (χ2v) is 6.63. The van der Waals surface area contributed by atoms with Crippen LogP contribution in [-0.4, -0.2) is 23.4 Å². The third-order valence-electron chi connectivity index (χ3n) is 3.53. The Balaban J connectivity index is 2.10. The monoisotopic (exact) mass is 310 g/mol. The van der Waals surface area contributed by atoms with Crippen LogP contribution >= 0.6 is 22.6 Å². The fraction of sp³-hybridized carbons (Fsp3) is 1.00. The summed E-state index contributed by atoms with van der Waals surface area (Å²) in [5.74, 6) is 0.569. The van der Waals surface area contributed by atoms with Crippen molar-refractivity contribution in [2.45, 2.75) is 43.3 Å². The zero-order chi connectivity index (χ0) is 10.2. The lowest BCUT2D eigenvalue weighted by Gasteiger charge is -2.43. The fourth-order valence-electron chi connectivity index (χ4n) is 2.71. The van der Waals surface area contributed by atoms with E-state index in [0.29, 0.717) is 15.3 Å². The van der Waals surface area contributed by atoms with Gasteiger partial charge in [0, 0.05) is 9.84 Å². The van der Waals surface area contributed by atoms with Gasteiger partial charge in [0.25, 0.3) is 0 Å². The van der Waals surface area contributed by atoms with Crippen LogP contribution < -0.4 is 0 Å². The second-order valence-electron chi connectivity index (χ2n) is 5.03. The molecule has 2 nitrogen and oxygen atoms in total. The van der Waals surface area contributed by atoms with Crippen LogP contribution in [0.25, 0.3) is 0 Å². The highest BCUT2D eigenvalue weighted by molar-refractivity contribution is 14.1. The first kappa shape index (κ1) is 11.1. The van der Waals surface area contributed by atoms with Crippen molar-refractivity contribution in [2.75, 3.05) is 13.2 Å². The van der Waals surface area contributed by atoms with Gasteiger partial charge in [-0.15, -0.1) is 0 Å². The molecular formula is C11H19IO2. The quantitative estimate of drug-likeness (QED) is 0.547. The molecule has 0 N–H and O–H groups in total. The molecule has 0 amide bonds. The lowest BCUT2D eigenvalue weighted by Crippen LogP contribution is -2.43. The highest BCUT2D eigenvalue weighted by Gasteiger charge is 2.44. The predicted octanol–water partition coefficient (Wildman–Crippen LogP) is 2.99. The lowest BCUT2D eigenvalue weighted by atomic mass is 9.68. The Bertz CT molecular complexity index is 199. The molecule has 2 aliphatic rings. The summed E-state index contributed by atoms with van der Waals surface area (Å²) >= 11 is 2.57. The van der Waals surface area contributed by atoms with Gasteiger partial charge >= 0.3 is 0 Å². The Morgan fingerprint density at radius 1 is 1.21 bits per heavy atom. The van der Waals surface area contributed by atoms with E-state index in [4.69, 9.17) is 9.47 Å². The maximum atomic E-state index is 5.67. The van der Waals surface area contributed by atoms with Gasteiger partial charge in [0.1, 0.15) is 0 Å². The summed E-state index contributed by atoms with van der Waals surface area (Å²) in [6.07, 6.45) is 4.04. The largest absolute Gasteiger partial charge is 0.350 e. The van der Waals surface area contributed by atoms with Crippen molar-refractivity contribution in [3.8, 4) is 0 Å². The summed E-state index contributed by atoms with van der Waals surface area (Å²) in [5, 5.41) is 0. The number of rotatable bonds is 1. The van der Waals surface area contributed by atoms with Crippen LogP contribution in [0.15, 0.2) is 0 Å². The first-order chi connectivity index (χ1) is 6.61. The van der Waals surface area contributed by atoms with Crippen molar-refractivity contribution in [1.29, 1.82) is 0 Å². The molecule has 2 rings (SSSR count). The van der Waals surface area contributed by atoms with Gasteiger partial charge in [-0.3, -0.25) is 0 Å².